The molecule has 0 spiro atoms. The highest BCUT2D eigenvalue weighted by molar-refractivity contribution is 7.16. The molecule has 1 amide bonds. The fourth-order valence-corrected chi connectivity index (χ4v) is 2.60. The predicted molar refractivity (Wildman–Crippen MR) is 89.4 cm³/mol. The zero-order valence-electron chi connectivity index (χ0n) is 11.9. The van der Waals surface area contributed by atoms with E-state index in [-0.39, 0.29) is 13.3 Å². The lowest BCUT2D eigenvalue weighted by molar-refractivity contribution is -0.112. The zero-order chi connectivity index (χ0) is 14.4. The van der Waals surface area contributed by atoms with Crippen molar-refractivity contribution in [3.8, 4) is 0 Å². The van der Waals surface area contributed by atoms with E-state index in [2.05, 4.69) is 30.7 Å². The maximum Gasteiger partial charge on any atom is 0.257 e. The van der Waals surface area contributed by atoms with Gasteiger partial charge < -0.3 is 0 Å². The van der Waals surface area contributed by atoms with Crippen LogP contribution in [0.25, 0.3) is 0 Å². The van der Waals surface area contributed by atoms with Crippen LogP contribution in [0, 0.1) is 6.92 Å². The second-order valence-electron chi connectivity index (χ2n) is 4.42. The highest BCUT2D eigenvalue weighted by Crippen LogP contribution is 2.29. The SMILES string of the molecule is C.C=C/C=C\C(=C/C)C(=O)Nc1nc(C)c(C(C)C)s1. The average molecular weight is 292 g/mol. The lowest BCUT2D eigenvalue weighted by atomic mass is 10.1. The summed E-state index contributed by atoms with van der Waals surface area (Å²) < 4.78 is 0. The molecule has 20 heavy (non-hydrogen) atoms. The molecule has 0 aromatic carbocycles. The topological polar surface area (TPSA) is 42.0 Å². The van der Waals surface area contributed by atoms with Gasteiger partial charge in [0, 0.05) is 10.5 Å². The summed E-state index contributed by atoms with van der Waals surface area (Å²) in [6.07, 6.45) is 6.87. The number of allylic oxidation sites excluding steroid dienone is 3. The molecule has 0 unspecified atom stereocenters. The van der Waals surface area contributed by atoms with Gasteiger partial charge >= 0.3 is 0 Å². The molecule has 1 aromatic heterocycles. The van der Waals surface area contributed by atoms with E-state index in [1.165, 1.54) is 16.2 Å². The summed E-state index contributed by atoms with van der Waals surface area (Å²) in [5.41, 5.74) is 1.58. The molecule has 0 atom stereocenters. The van der Waals surface area contributed by atoms with Crippen molar-refractivity contribution in [2.24, 2.45) is 0 Å². The van der Waals surface area contributed by atoms with Crippen molar-refractivity contribution >= 4 is 22.4 Å². The molecule has 0 aliphatic rings. The first kappa shape index (κ1) is 18.3. The van der Waals surface area contributed by atoms with Gasteiger partial charge in [-0.3, -0.25) is 10.1 Å². The van der Waals surface area contributed by atoms with Crippen LogP contribution in [0.4, 0.5) is 5.13 Å². The normalized spacial score (nSPS) is 11.6. The molecule has 1 N–H and O–H groups in total. The van der Waals surface area contributed by atoms with Crippen molar-refractivity contribution in [3.05, 3.63) is 47.0 Å². The van der Waals surface area contributed by atoms with Crippen LogP contribution in [0.3, 0.4) is 0 Å². The number of hydrogen-bond acceptors (Lipinski definition) is 3. The fourth-order valence-electron chi connectivity index (χ4n) is 1.64. The number of thiazole rings is 1. The summed E-state index contributed by atoms with van der Waals surface area (Å²) in [5.74, 6) is 0.273. The third kappa shape index (κ3) is 4.78. The van der Waals surface area contributed by atoms with Crippen LogP contribution in [-0.2, 0) is 4.79 Å². The molecule has 0 bridgehead atoms. The number of nitrogens with zero attached hydrogens (tertiary/aromatic N) is 1. The van der Waals surface area contributed by atoms with Gasteiger partial charge in [0.25, 0.3) is 5.91 Å². The summed E-state index contributed by atoms with van der Waals surface area (Å²) >= 11 is 1.53. The standard InChI is InChI=1S/C15H20N2OS.CH4/c1-6-8-9-12(7-2)14(18)17-15-16-11(5)13(19-15)10(3)4;/h6-10H,1H2,2-5H3,(H,16,17,18);1H4/b9-8-,12-7+;. The highest BCUT2D eigenvalue weighted by atomic mass is 32.1. The van der Waals surface area contributed by atoms with Crippen LogP contribution < -0.4 is 5.32 Å². The molecule has 0 saturated carbocycles. The molecule has 0 saturated heterocycles. The Morgan fingerprint density at radius 3 is 2.55 bits per heavy atom. The first-order chi connectivity index (χ1) is 8.99. The Hall–Kier alpha value is -1.68. The van der Waals surface area contributed by atoms with Crippen molar-refractivity contribution < 1.29 is 4.79 Å². The number of amides is 1. The van der Waals surface area contributed by atoms with Gasteiger partial charge in [0.1, 0.15) is 0 Å². The van der Waals surface area contributed by atoms with Gasteiger partial charge in [-0.1, -0.05) is 46.1 Å². The second-order valence-corrected chi connectivity index (χ2v) is 5.45. The van der Waals surface area contributed by atoms with Gasteiger partial charge in [0.05, 0.1) is 5.69 Å². The number of aryl methyl sites for hydroxylation is 1. The van der Waals surface area contributed by atoms with E-state index in [1.807, 2.05) is 13.8 Å². The van der Waals surface area contributed by atoms with Crippen LogP contribution in [-0.4, -0.2) is 10.9 Å². The average Bonchev–Trinajstić information content (AvgIpc) is 2.71. The lowest BCUT2D eigenvalue weighted by Crippen LogP contribution is -2.12. The van der Waals surface area contributed by atoms with Crippen LogP contribution >= 0.6 is 11.3 Å². The van der Waals surface area contributed by atoms with Gasteiger partial charge in [-0.2, -0.15) is 0 Å². The molecule has 1 heterocycles. The minimum absolute atomic E-state index is 0. The lowest BCUT2D eigenvalue weighted by Gasteiger charge is -2.01. The quantitative estimate of drug-likeness (QED) is 0.623. The Bertz CT molecular complexity index is 525. The molecule has 0 fully saturated rings. The Kier molecular flexibility index (Phi) is 7.77. The van der Waals surface area contributed by atoms with E-state index < -0.39 is 0 Å². The van der Waals surface area contributed by atoms with Crippen molar-refractivity contribution in [2.45, 2.75) is 41.0 Å². The molecular formula is C16H24N2OS. The first-order valence-corrected chi connectivity index (χ1v) is 7.05. The van der Waals surface area contributed by atoms with Gasteiger partial charge in [-0.15, -0.1) is 11.3 Å². The molecule has 3 nitrogen and oxygen atoms in total. The zero-order valence-corrected chi connectivity index (χ0v) is 12.7. The Morgan fingerprint density at radius 2 is 2.10 bits per heavy atom. The smallest absolute Gasteiger partial charge is 0.257 e. The van der Waals surface area contributed by atoms with Gasteiger partial charge in [-0.05, 0) is 25.8 Å². The number of aromatic nitrogens is 1. The van der Waals surface area contributed by atoms with Crippen molar-refractivity contribution in [3.63, 3.8) is 0 Å². The molecule has 4 heteroatoms. The summed E-state index contributed by atoms with van der Waals surface area (Å²) in [5, 5.41) is 3.48. The number of hydrogen-bond donors (Lipinski definition) is 1. The van der Waals surface area contributed by atoms with Crippen LogP contribution in [0.1, 0.15) is 44.7 Å². The van der Waals surface area contributed by atoms with E-state index in [9.17, 15) is 4.79 Å². The molecule has 110 valence electrons. The van der Waals surface area contributed by atoms with Crippen LogP contribution in [0.5, 0.6) is 0 Å². The predicted octanol–water partition coefficient (Wildman–Crippen LogP) is 4.84. The van der Waals surface area contributed by atoms with E-state index in [0.29, 0.717) is 16.6 Å². The number of carbonyl (C=O) groups excluding carboxylic acids is 1. The largest absolute Gasteiger partial charge is 0.298 e. The molecule has 0 aliphatic heterocycles. The third-order valence-corrected chi connectivity index (χ3v) is 3.94. The van der Waals surface area contributed by atoms with E-state index in [4.69, 9.17) is 0 Å². The molecular weight excluding hydrogens is 268 g/mol. The number of anilines is 1. The molecule has 0 radical (unpaired) electrons. The maximum atomic E-state index is 12.0. The minimum atomic E-state index is -0.148. The first-order valence-electron chi connectivity index (χ1n) is 6.23. The van der Waals surface area contributed by atoms with Gasteiger partial charge in [0.15, 0.2) is 5.13 Å². The second kappa shape index (κ2) is 8.48. The number of rotatable bonds is 5. The summed E-state index contributed by atoms with van der Waals surface area (Å²) in [6.45, 7) is 11.6. The Morgan fingerprint density at radius 1 is 1.45 bits per heavy atom. The highest BCUT2D eigenvalue weighted by Gasteiger charge is 2.13. The minimum Gasteiger partial charge on any atom is -0.298 e. The Balaban J connectivity index is 0.00000361. The van der Waals surface area contributed by atoms with E-state index in [1.54, 1.807) is 24.3 Å². The van der Waals surface area contributed by atoms with E-state index >= 15 is 0 Å². The summed E-state index contributed by atoms with van der Waals surface area (Å²) in [6, 6.07) is 0. The summed E-state index contributed by atoms with van der Waals surface area (Å²) in [7, 11) is 0. The summed E-state index contributed by atoms with van der Waals surface area (Å²) in [4.78, 5) is 17.6. The molecule has 0 aliphatic carbocycles. The van der Waals surface area contributed by atoms with Gasteiger partial charge in [-0.25, -0.2) is 4.98 Å². The Labute approximate surface area is 126 Å². The monoisotopic (exact) mass is 292 g/mol. The van der Waals surface area contributed by atoms with Gasteiger partial charge in [0.2, 0.25) is 0 Å². The van der Waals surface area contributed by atoms with Crippen LogP contribution in [0.2, 0.25) is 0 Å². The maximum absolute atomic E-state index is 12.0. The molecule has 1 rings (SSSR count). The number of nitrogens with one attached hydrogen (secondary N) is 1. The number of carbonyl (C=O) groups is 1. The molecule has 1 aromatic rings. The van der Waals surface area contributed by atoms with Crippen LogP contribution in [0.15, 0.2) is 36.5 Å². The van der Waals surface area contributed by atoms with E-state index in [0.717, 1.165) is 5.69 Å². The van der Waals surface area contributed by atoms with Crippen molar-refractivity contribution in [1.82, 2.24) is 4.98 Å². The third-order valence-electron chi connectivity index (χ3n) is 2.56. The van der Waals surface area contributed by atoms with Crippen molar-refractivity contribution in [1.29, 1.82) is 0 Å². The van der Waals surface area contributed by atoms with Crippen molar-refractivity contribution in [2.75, 3.05) is 5.32 Å². The fraction of sp³-hybridized carbons (Fsp3) is 0.375.